The van der Waals surface area contributed by atoms with E-state index in [9.17, 15) is 8.42 Å². The number of anilines is 1. The molecular formula is C13H18N2O3S. The molecule has 2 unspecified atom stereocenters. The van der Waals surface area contributed by atoms with E-state index in [-0.39, 0.29) is 17.0 Å². The second-order valence-electron chi connectivity index (χ2n) is 5.26. The Morgan fingerprint density at radius 1 is 1.26 bits per heavy atom. The average molecular weight is 282 g/mol. The van der Waals surface area contributed by atoms with Gasteiger partial charge in [0.25, 0.3) is 0 Å². The molecule has 2 atom stereocenters. The van der Waals surface area contributed by atoms with Gasteiger partial charge in [-0.05, 0) is 43.4 Å². The van der Waals surface area contributed by atoms with Gasteiger partial charge in [-0.15, -0.1) is 0 Å². The summed E-state index contributed by atoms with van der Waals surface area (Å²) in [5.74, 6) is 0.524. The van der Waals surface area contributed by atoms with Crippen LogP contribution < -0.4 is 10.5 Å². The highest BCUT2D eigenvalue weighted by Gasteiger charge is 2.42. The summed E-state index contributed by atoms with van der Waals surface area (Å²) in [4.78, 5) is 0.217. The first-order valence-electron chi connectivity index (χ1n) is 6.56. The number of benzene rings is 1. The molecule has 0 radical (unpaired) electrons. The summed E-state index contributed by atoms with van der Waals surface area (Å²) in [6.07, 6.45) is 3.06. The van der Waals surface area contributed by atoms with Gasteiger partial charge in [0.05, 0.1) is 17.0 Å². The monoisotopic (exact) mass is 282 g/mol. The van der Waals surface area contributed by atoms with E-state index in [0.29, 0.717) is 18.2 Å². The number of sulfonamides is 1. The van der Waals surface area contributed by atoms with Gasteiger partial charge >= 0.3 is 0 Å². The first-order valence-corrected chi connectivity index (χ1v) is 8.04. The Morgan fingerprint density at radius 3 is 2.74 bits per heavy atom. The van der Waals surface area contributed by atoms with E-state index in [0.717, 1.165) is 19.3 Å². The third-order valence-electron chi connectivity index (χ3n) is 3.70. The Bertz CT molecular complexity index is 569. The van der Waals surface area contributed by atoms with Gasteiger partial charge in [-0.1, -0.05) is 6.07 Å². The van der Waals surface area contributed by atoms with Crippen LogP contribution in [-0.2, 0) is 14.8 Å². The van der Waals surface area contributed by atoms with E-state index in [1.807, 2.05) is 0 Å². The van der Waals surface area contributed by atoms with Gasteiger partial charge in [-0.3, -0.25) is 0 Å². The SMILES string of the molecule is Nc1cccc(S(=O)(=O)NC2CCOC2C2CC2)c1. The third-order valence-corrected chi connectivity index (χ3v) is 5.18. The number of nitrogen functional groups attached to an aromatic ring is 1. The molecule has 2 aliphatic rings. The zero-order chi connectivity index (χ0) is 13.5. The first kappa shape index (κ1) is 12.9. The standard InChI is InChI=1S/C13H18N2O3S/c14-10-2-1-3-11(8-10)19(16,17)15-12-6-7-18-13(12)9-4-5-9/h1-3,8-9,12-13,15H,4-7,14H2. The highest BCUT2D eigenvalue weighted by atomic mass is 32.2. The number of hydrogen-bond acceptors (Lipinski definition) is 4. The molecule has 3 N–H and O–H groups in total. The predicted molar refractivity (Wildman–Crippen MR) is 72.0 cm³/mol. The highest BCUT2D eigenvalue weighted by molar-refractivity contribution is 7.89. The summed E-state index contributed by atoms with van der Waals surface area (Å²) >= 11 is 0. The van der Waals surface area contributed by atoms with Gasteiger partial charge in [0.15, 0.2) is 0 Å². The molecule has 19 heavy (non-hydrogen) atoms. The Balaban J connectivity index is 1.77. The molecule has 1 saturated heterocycles. The van der Waals surface area contributed by atoms with Crippen LogP contribution in [0.1, 0.15) is 19.3 Å². The summed E-state index contributed by atoms with van der Waals surface area (Å²) in [7, 11) is -3.51. The lowest BCUT2D eigenvalue weighted by Gasteiger charge is -2.19. The fourth-order valence-corrected chi connectivity index (χ4v) is 3.91. The molecule has 104 valence electrons. The Hall–Kier alpha value is -1.11. The minimum Gasteiger partial charge on any atom is -0.399 e. The molecule has 1 aromatic carbocycles. The number of nitrogens with two attached hydrogens (primary N) is 1. The van der Waals surface area contributed by atoms with Crippen LogP contribution in [0.2, 0.25) is 0 Å². The van der Waals surface area contributed by atoms with Crippen molar-refractivity contribution in [3.8, 4) is 0 Å². The molecule has 6 heteroatoms. The van der Waals surface area contributed by atoms with Gasteiger partial charge in [0.1, 0.15) is 0 Å². The quantitative estimate of drug-likeness (QED) is 0.811. The zero-order valence-corrected chi connectivity index (χ0v) is 11.4. The Labute approximate surface area is 113 Å². The van der Waals surface area contributed by atoms with Crippen molar-refractivity contribution in [3.63, 3.8) is 0 Å². The molecule has 2 fully saturated rings. The molecule has 1 aliphatic heterocycles. The van der Waals surface area contributed by atoms with E-state index >= 15 is 0 Å². The van der Waals surface area contributed by atoms with E-state index in [1.54, 1.807) is 18.2 Å². The largest absolute Gasteiger partial charge is 0.399 e. The number of hydrogen-bond donors (Lipinski definition) is 2. The maximum atomic E-state index is 12.3. The van der Waals surface area contributed by atoms with Crippen molar-refractivity contribution in [2.24, 2.45) is 5.92 Å². The summed E-state index contributed by atoms with van der Waals surface area (Å²) in [5, 5.41) is 0. The lowest BCUT2D eigenvalue weighted by molar-refractivity contribution is 0.0848. The van der Waals surface area contributed by atoms with Crippen LogP contribution >= 0.6 is 0 Å². The molecule has 0 bridgehead atoms. The van der Waals surface area contributed by atoms with Crippen molar-refractivity contribution in [2.45, 2.75) is 36.3 Å². The number of ether oxygens (including phenoxy) is 1. The lowest BCUT2D eigenvalue weighted by atomic mass is 10.1. The van der Waals surface area contributed by atoms with Gasteiger partial charge < -0.3 is 10.5 Å². The first-order chi connectivity index (χ1) is 9.06. The van der Waals surface area contributed by atoms with E-state index in [4.69, 9.17) is 10.5 Å². The fourth-order valence-electron chi connectivity index (χ4n) is 2.58. The summed E-state index contributed by atoms with van der Waals surface area (Å²) < 4.78 is 33.0. The lowest BCUT2D eigenvalue weighted by Crippen LogP contribution is -2.41. The van der Waals surface area contributed by atoms with Crippen molar-refractivity contribution in [3.05, 3.63) is 24.3 Å². The average Bonchev–Trinajstić information content (AvgIpc) is 3.10. The minimum absolute atomic E-state index is 0.0378. The topological polar surface area (TPSA) is 81.4 Å². The molecule has 0 spiro atoms. The second kappa shape index (κ2) is 4.77. The zero-order valence-electron chi connectivity index (χ0n) is 10.6. The van der Waals surface area contributed by atoms with Gasteiger partial charge in [0.2, 0.25) is 10.0 Å². The second-order valence-corrected chi connectivity index (χ2v) is 6.98. The van der Waals surface area contributed by atoms with Crippen LogP contribution in [0.5, 0.6) is 0 Å². The van der Waals surface area contributed by atoms with Crippen molar-refractivity contribution in [1.29, 1.82) is 0 Å². The van der Waals surface area contributed by atoms with Crippen LogP contribution in [-0.4, -0.2) is 27.2 Å². The molecular weight excluding hydrogens is 264 g/mol. The number of nitrogens with one attached hydrogen (secondary N) is 1. The van der Waals surface area contributed by atoms with Crippen LogP contribution in [0.4, 0.5) is 5.69 Å². The molecule has 1 aliphatic carbocycles. The minimum atomic E-state index is -3.51. The molecule has 5 nitrogen and oxygen atoms in total. The van der Waals surface area contributed by atoms with Gasteiger partial charge in [-0.25, -0.2) is 13.1 Å². The number of rotatable bonds is 4. The molecule has 1 heterocycles. The summed E-state index contributed by atoms with van der Waals surface area (Å²) in [6, 6.07) is 6.24. The third kappa shape index (κ3) is 2.75. The van der Waals surface area contributed by atoms with Gasteiger partial charge in [0, 0.05) is 12.3 Å². The van der Waals surface area contributed by atoms with E-state index < -0.39 is 10.0 Å². The fraction of sp³-hybridized carbons (Fsp3) is 0.538. The summed E-state index contributed by atoms with van der Waals surface area (Å²) in [6.45, 7) is 0.630. The van der Waals surface area contributed by atoms with Crippen LogP contribution in [0, 0.1) is 5.92 Å². The summed E-state index contributed by atoms with van der Waals surface area (Å²) in [5.41, 5.74) is 6.08. The van der Waals surface area contributed by atoms with Crippen molar-refractivity contribution in [2.75, 3.05) is 12.3 Å². The maximum absolute atomic E-state index is 12.3. The van der Waals surface area contributed by atoms with Crippen molar-refractivity contribution in [1.82, 2.24) is 4.72 Å². The van der Waals surface area contributed by atoms with E-state index in [1.165, 1.54) is 6.07 Å². The molecule has 1 aromatic rings. The van der Waals surface area contributed by atoms with E-state index in [2.05, 4.69) is 4.72 Å². The molecule has 3 rings (SSSR count). The smallest absolute Gasteiger partial charge is 0.240 e. The molecule has 0 amide bonds. The normalized spacial score (nSPS) is 27.6. The molecule has 0 aromatic heterocycles. The molecule has 1 saturated carbocycles. The van der Waals surface area contributed by atoms with Crippen molar-refractivity contribution >= 4 is 15.7 Å². The maximum Gasteiger partial charge on any atom is 0.240 e. The Morgan fingerprint density at radius 2 is 2.05 bits per heavy atom. The van der Waals surface area contributed by atoms with Crippen LogP contribution in [0.25, 0.3) is 0 Å². The van der Waals surface area contributed by atoms with Crippen LogP contribution in [0.3, 0.4) is 0 Å². The Kier molecular flexibility index (Phi) is 3.24. The highest BCUT2D eigenvalue weighted by Crippen LogP contribution is 2.39. The van der Waals surface area contributed by atoms with Crippen LogP contribution in [0.15, 0.2) is 29.2 Å². The van der Waals surface area contributed by atoms with Crippen molar-refractivity contribution < 1.29 is 13.2 Å². The van der Waals surface area contributed by atoms with Gasteiger partial charge in [-0.2, -0.15) is 0 Å². The predicted octanol–water partition coefficient (Wildman–Crippen LogP) is 1.11.